The molecule has 126 valence electrons. The second kappa shape index (κ2) is 10.9. The van der Waals surface area contributed by atoms with Crippen LogP contribution >= 0.6 is 22.9 Å². The van der Waals surface area contributed by atoms with Crippen LogP contribution in [0, 0.1) is 5.92 Å². The molecule has 4 nitrogen and oxygen atoms in total. The van der Waals surface area contributed by atoms with E-state index in [1.807, 2.05) is 13.1 Å². The zero-order valence-electron chi connectivity index (χ0n) is 13.8. The Morgan fingerprint density at radius 2 is 2.18 bits per heavy atom. The molecule has 0 aliphatic heterocycles. The zero-order valence-corrected chi connectivity index (χ0v) is 15.4. The SMILES string of the molecule is CCCC(CCO)CN=C(NCC)N(C)Cc1ccc(Cl)s1. The van der Waals surface area contributed by atoms with Crippen LogP contribution in [0.25, 0.3) is 0 Å². The molecule has 6 heteroatoms. The Morgan fingerprint density at radius 3 is 2.73 bits per heavy atom. The topological polar surface area (TPSA) is 47.9 Å². The number of rotatable bonds is 9. The number of hydrogen-bond donors (Lipinski definition) is 2. The molecule has 0 fully saturated rings. The Morgan fingerprint density at radius 1 is 1.41 bits per heavy atom. The summed E-state index contributed by atoms with van der Waals surface area (Å²) in [6.07, 6.45) is 3.05. The highest BCUT2D eigenvalue weighted by Crippen LogP contribution is 2.22. The maximum atomic E-state index is 9.15. The van der Waals surface area contributed by atoms with Crippen molar-refractivity contribution in [3.63, 3.8) is 0 Å². The van der Waals surface area contributed by atoms with Gasteiger partial charge >= 0.3 is 0 Å². The van der Waals surface area contributed by atoms with Crippen LogP contribution in [0.2, 0.25) is 4.34 Å². The number of aliphatic hydroxyl groups is 1. The molecule has 0 saturated heterocycles. The van der Waals surface area contributed by atoms with Crippen LogP contribution < -0.4 is 5.32 Å². The summed E-state index contributed by atoms with van der Waals surface area (Å²) in [6.45, 7) is 6.87. The molecule has 1 atom stereocenters. The fraction of sp³-hybridized carbons (Fsp3) is 0.688. The number of hydrogen-bond acceptors (Lipinski definition) is 3. The minimum Gasteiger partial charge on any atom is -0.396 e. The second-order valence-corrected chi connectivity index (χ2v) is 7.22. The third-order valence-electron chi connectivity index (χ3n) is 3.45. The van der Waals surface area contributed by atoms with Gasteiger partial charge in [-0.25, -0.2) is 0 Å². The highest BCUT2D eigenvalue weighted by Gasteiger charge is 2.11. The van der Waals surface area contributed by atoms with E-state index in [1.54, 1.807) is 11.3 Å². The lowest BCUT2D eigenvalue weighted by Gasteiger charge is -2.22. The molecule has 0 aliphatic carbocycles. The molecule has 0 bridgehead atoms. The molecular weight excluding hydrogens is 318 g/mol. The Balaban J connectivity index is 2.66. The fourth-order valence-corrected chi connectivity index (χ4v) is 3.49. The lowest BCUT2D eigenvalue weighted by atomic mass is 10.0. The molecule has 0 radical (unpaired) electrons. The average Bonchev–Trinajstić information content (AvgIpc) is 2.88. The number of nitrogens with zero attached hydrogens (tertiary/aromatic N) is 2. The molecule has 1 heterocycles. The van der Waals surface area contributed by atoms with Crippen molar-refractivity contribution < 1.29 is 5.11 Å². The van der Waals surface area contributed by atoms with Crippen molar-refractivity contribution >= 4 is 28.9 Å². The van der Waals surface area contributed by atoms with Crippen LogP contribution in [-0.4, -0.2) is 42.7 Å². The van der Waals surface area contributed by atoms with Crippen LogP contribution in [-0.2, 0) is 6.54 Å². The van der Waals surface area contributed by atoms with E-state index in [0.29, 0.717) is 5.92 Å². The van der Waals surface area contributed by atoms with Crippen molar-refractivity contribution in [2.75, 3.05) is 26.7 Å². The van der Waals surface area contributed by atoms with Crippen molar-refractivity contribution in [1.82, 2.24) is 10.2 Å². The number of aliphatic imine (C=N–C) groups is 1. The van der Waals surface area contributed by atoms with Crippen LogP contribution in [0.1, 0.15) is 38.0 Å². The molecule has 0 aromatic carbocycles. The Labute approximate surface area is 143 Å². The van der Waals surface area contributed by atoms with E-state index in [-0.39, 0.29) is 6.61 Å². The summed E-state index contributed by atoms with van der Waals surface area (Å²) in [7, 11) is 2.04. The van der Waals surface area contributed by atoms with E-state index in [1.165, 1.54) is 4.88 Å². The first kappa shape index (κ1) is 19.3. The number of nitrogens with one attached hydrogen (secondary N) is 1. The number of aliphatic hydroxyl groups excluding tert-OH is 1. The summed E-state index contributed by atoms with van der Waals surface area (Å²) in [4.78, 5) is 8.09. The third kappa shape index (κ3) is 6.99. The third-order valence-corrected chi connectivity index (χ3v) is 4.67. The minimum absolute atomic E-state index is 0.236. The lowest BCUT2D eigenvalue weighted by Crippen LogP contribution is -2.38. The summed E-state index contributed by atoms with van der Waals surface area (Å²) in [5, 5.41) is 12.5. The maximum absolute atomic E-state index is 9.15. The van der Waals surface area contributed by atoms with E-state index < -0.39 is 0 Å². The number of guanidine groups is 1. The maximum Gasteiger partial charge on any atom is 0.193 e. The molecule has 0 aliphatic rings. The molecule has 1 aromatic heterocycles. The van der Waals surface area contributed by atoms with E-state index in [9.17, 15) is 0 Å². The van der Waals surface area contributed by atoms with Gasteiger partial charge in [0.1, 0.15) is 0 Å². The van der Waals surface area contributed by atoms with Gasteiger partial charge in [-0.3, -0.25) is 4.99 Å². The van der Waals surface area contributed by atoms with Crippen LogP contribution in [0.5, 0.6) is 0 Å². The Hall–Kier alpha value is -0.780. The molecule has 0 saturated carbocycles. The van der Waals surface area contributed by atoms with Gasteiger partial charge in [0.2, 0.25) is 0 Å². The molecule has 1 aromatic rings. The fourth-order valence-electron chi connectivity index (χ4n) is 2.35. The largest absolute Gasteiger partial charge is 0.396 e. The van der Waals surface area contributed by atoms with E-state index in [4.69, 9.17) is 21.7 Å². The van der Waals surface area contributed by atoms with Crippen LogP contribution in [0.4, 0.5) is 0 Å². The van der Waals surface area contributed by atoms with Gasteiger partial charge in [0, 0.05) is 31.6 Å². The monoisotopic (exact) mass is 345 g/mol. The average molecular weight is 346 g/mol. The quantitative estimate of drug-likeness (QED) is 0.531. The molecular formula is C16H28ClN3OS. The molecule has 2 N–H and O–H groups in total. The molecule has 1 rings (SSSR count). The summed E-state index contributed by atoms with van der Waals surface area (Å²) >= 11 is 7.59. The summed E-state index contributed by atoms with van der Waals surface area (Å²) in [5.41, 5.74) is 0. The highest BCUT2D eigenvalue weighted by molar-refractivity contribution is 7.16. The van der Waals surface area contributed by atoms with E-state index >= 15 is 0 Å². The number of halogens is 1. The predicted octanol–water partition coefficient (Wildman–Crippen LogP) is 3.60. The van der Waals surface area contributed by atoms with Crippen LogP contribution in [0.3, 0.4) is 0 Å². The second-order valence-electron chi connectivity index (χ2n) is 5.42. The van der Waals surface area contributed by atoms with Gasteiger partial charge in [-0.15, -0.1) is 11.3 Å². The minimum atomic E-state index is 0.236. The van der Waals surface area contributed by atoms with Gasteiger partial charge in [0.25, 0.3) is 0 Å². The smallest absolute Gasteiger partial charge is 0.193 e. The predicted molar refractivity (Wildman–Crippen MR) is 96.9 cm³/mol. The van der Waals surface area contributed by atoms with Gasteiger partial charge in [-0.05, 0) is 37.8 Å². The van der Waals surface area contributed by atoms with E-state index in [0.717, 1.165) is 49.2 Å². The molecule has 0 spiro atoms. The van der Waals surface area contributed by atoms with Crippen molar-refractivity contribution in [2.45, 2.75) is 39.7 Å². The Kier molecular flexibility index (Phi) is 9.52. The van der Waals surface area contributed by atoms with Crippen molar-refractivity contribution in [3.05, 3.63) is 21.3 Å². The zero-order chi connectivity index (χ0) is 16.4. The summed E-state index contributed by atoms with van der Waals surface area (Å²) in [5.74, 6) is 1.36. The van der Waals surface area contributed by atoms with Crippen molar-refractivity contribution in [1.29, 1.82) is 0 Å². The van der Waals surface area contributed by atoms with Crippen molar-refractivity contribution in [2.24, 2.45) is 10.9 Å². The first-order valence-electron chi connectivity index (χ1n) is 7.95. The molecule has 0 amide bonds. The lowest BCUT2D eigenvalue weighted by molar-refractivity contribution is 0.253. The first-order chi connectivity index (χ1) is 10.6. The standard InChI is InChI=1S/C16H28ClN3OS/c1-4-6-13(9-10-21)11-19-16(18-5-2)20(3)12-14-7-8-15(17)22-14/h7-8,13,21H,4-6,9-12H2,1-3H3,(H,18,19). The van der Waals surface area contributed by atoms with Gasteiger partial charge in [-0.1, -0.05) is 24.9 Å². The molecule has 1 unspecified atom stereocenters. The van der Waals surface area contributed by atoms with Gasteiger partial charge in [0.05, 0.1) is 10.9 Å². The van der Waals surface area contributed by atoms with Gasteiger partial charge in [0.15, 0.2) is 5.96 Å². The van der Waals surface area contributed by atoms with Gasteiger partial charge in [-0.2, -0.15) is 0 Å². The first-order valence-corrected chi connectivity index (χ1v) is 9.14. The summed E-state index contributed by atoms with van der Waals surface area (Å²) < 4.78 is 0.816. The van der Waals surface area contributed by atoms with Gasteiger partial charge < -0.3 is 15.3 Å². The van der Waals surface area contributed by atoms with E-state index in [2.05, 4.69) is 30.1 Å². The van der Waals surface area contributed by atoms with Crippen molar-refractivity contribution in [3.8, 4) is 0 Å². The molecule has 22 heavy (non-hydrogen) atoms. The Bertz CT molecular complexity index is 444. The normalized spacial score (nSPS) is 13.2. The van der Waals surface area contributed by atoms with Crippen LogP contribution in [0.15, 0.2) is 17.1 Å². The number of thiophene rings is 1. The highest BCUT2D eigenvalue weighted by atomic mass is 35.5. The summed E-state index contributed by atoms with van der Waals surface area (Å²) in [6, 6.07) is 3.98.